The van der Waals surface area contributed by atoms with Gasteiger partial charge in [-0.15, -0.1) is 0 Å². The van der Waals surface area contributed by atoms with Crippen LogP contribution in [0.4, 0.5) is 20.3 Å². The Bertz CT molecular complexity index is 1170. The van der Waals surface area contributed by atoms with Crippen molar-refractivity contribution in [1.29, 1.82) is 0 Å². The third-order valence-electron chi connectivity index (χ3n) is 7.98. The number of carbonyl (C=O) groups excluding carboxylic acids is 1. The number of hydrogen-bond acceptors (Lipinski definition) is 8. The van der Waals surface area contributed by atoms with E-state index < -0.39 is 12.0 Å². The van der Waals surface area contributed by atoms with Crippen molar-refractivity contribution in [2.24, 2.45) is 0 Å². The van der Waals surface area contributed by atoms with Gasteiger partial charge in [0.1, 0.15) is 30.0 Å². The third-order valence-corrected chi connectivity index (χ3v) is 7.98. The number of aromatic hydroxyl groups is 1. The van der Waals surface area contributed by atoms with Crippen LogP contribution < -0.4 is 14.5 Å². The first kappa shape index (κ1) is 24.3. The molecule has 1 aromatic heterocycles. The van der Waals surface area contributed by atoms with E-state index in [-0.39, 0.29) is 48.5 Å². The minimum Gasteiger partial charge on any atom is -0.506 e. The SMILES string of the molecule is O=C1Cc2c(nc(OCC34CCCN3CC(F)C4)nc2N2CCCOCC2)CN1c1c(O)cccc1F. The zero-order valence-electron chi connectivity index (χ0n) is 20.7. The largest absolute Gasteiger partial charge is 0.506 e. The number of ether oxygens (including phenoxy) is 2. The topological polar surface area (TPSA) is 91.3 Å². The van der Waals surface area contributed by atoms with Gasteiger partial charge in [-0.1, -0.05) is 6.07 Å². The summed E-state index contributed by atoms with van der Waals surface area (Å²) in [5.74, 6) is -0.728. The lowest BCUT2D eigenvalue weighted by molar-refractivity contribution is -0.118. The summed E-state index contributed by atoms with van der Waals surface area (Å²) >= 11 is 0. The number of fused-ring (bicyclic) bond motifs is 2. The van der Waals surface area contributed by atoms with Gasteiger partial charge in [0, 0.05) is 38.2 Å². The van der Waals surface area contributed by atoms with Gasteiger partial charge in [-0.3, -0.25) is 9.69 Å². The van der Waals surface area contributed by atoms with Crippen molar-refractivity contribution >= 4 is 17.4 Å². The Morgan fingerprint density at radius 2 is 2.08 bits per heavy atom. The van der Waals surface area contributed by atoms with Gasteiger partial charge in [-0.25, -0.2) is 8.78 Å². The van der Waals surface area contributed by atoms with Crippen LogP contribution in [0.2, 0.25) is 0 Å². The van der Waals surface area contributed by atoms with E-state index in [0.29, 0.717) is 56.3 Å². The molecule has 3 saturated heterocycles. The van der Waals surface area contributed by atoms with E-state index >= 15 is 0 Å². The van der Waals surface area contributed by atoms with Gasteiger partial charge in [-0.2, -0.15) is 9.97 Å². The quantitative estimate of drug-likeness (QED) is 0.650. The maximum absolute atomic E-state index is 14.7. The van der Waals surface area contributed by atoms with Crippen LogP contribution in [-0.2, 0) is 22.5 Å². The van der Waals surface area contributed by atoms with Crippen LogP contribution in [0.25, 0.3) is 0 Å². The van der Waals surface area contributed by atoms with E-state index in [9.17, 15) is 18.7 Å². The Kier molecular flexibility index (Phi) is 6.36. The van der Waals surface area contributed by atoms with Gasteiger partial charge in [0.05, 0.1) is 30.8 Å². The minimum absolute atomic E-state index is 0.0251. The van der Waals surface area contributed by atoms with Crippen molar-refractivity contribution in [1.82, 2.24) is 14.9 Å². The fourth-order valence-electron chi connectivity index (χ4n) is 6.20. The van der Waals surface area contributed by atoms with E-state index in [1.54, 1.807) is 0 Å². The molecule has 3 fully saturated rings. The molecule has 2 aromatic rings. The number of phenolic OH excluding ortho intramolecular Hbond substituents is 1. The molecule has 4 aliphatic heterocycles. The molecule has 0 bridgehead atoms. The molecule has 2 atom stereocenters. The summed E-state index contributed by atoms with van der Waals surface area (Å²) in [7, 11) is 0. The van der Waals surface area contributed by atoms with Gasteiger partial charge in [0.25, 0.3) is 0 Å². The van der Waals surface area contributed by atoms with E-state index in [1.165, 1.54) is 23.1 Å². The highest BCUT2D eigenvalue weighted by molar-refractivity contribution is 5.98. The van der Waals surface area contributed by atoms with Crippen LogP contribution in [-0.4, -0.2) is 83.6 Å². The molecule has 0 radical (unpaired) electrons. The van der Waals surface area contributed by atoms with Crippen molar-refractivity contribution in [3.8, 4) is 11.8 Å². The Hall–Kier alpha value is -3.05. The molecule has 0 saturated carbocycles. The Morgan fingerprint density at radius 3 is 2.95 bits per heavy atom. The Balaban J connectivity index is 1.35. The fraction of sp³-hybridized carbons (Fsp3) is 0.577. The summed E-state index contributed by atoms with van der Waals surface area (Å²) in [4.78, 5) is 28.0. The predicted molar refractivity (Wildman–Crippen MR) is 131 cm³/mol. The summed E-state index contributed by atoms with van der Waals surface area (Å²) in [6.45, 7) is 4.04. The number of anilines is 2. The second-order valence-electron chi connectivity index (χ2n) is 10.3. The first-order valence-electron chi connectivity index (χ1n) is 13.0. The highest BCUT2D eigenvalue weighted by atomic mass is 19.1. The third kappa shape index (κ3) is 4.48. The monoisotopic (exact) mass is 515 g/mol. The van der Waals surface area contributed by atoms with Gasteiger partial charge in [0.2, 0.25) is 5.91 Å². The molecule has 9 nitrogen and oxygen atoms in total. The standard InChI is InChI=1S/C26H31F2N5O4/c27-17-13-26(6-2-8-32(26)14-17)16-37-25-29-20-15-33(23-19(28)4-1-5-21(23)34)22(35)12-18(20)24(30-25)31-7-3-10-36-11-9-31/h1,4-5,17,34H,2-3,6-16H2. The van der Waals surface area contributed by atoms with Gasteiger partial charge < -0.3 is 24.4 Å². The first-order valence-corrected chi connectivity index (χ1v) is 13.0. The molecule has 198 valence electrons. The summed E-state index contributed by atoms with van der Waals surface area (Å²) in [6.07, 6.45) is 2.22. The number of halogens is 2. The molecular weight excluding hydrogens is 484 g/mol. The predicted octanol–water partition coefficient (Wildman–Crippen LogP) is 2.59. The summed E-state index contributed by atoms with van der Waals surface area (Å²) < 4.78 is 40.7. The van der Waals surface area contributed by atoms with E-state index in [0.717, 1.165) is 25.8 Å². The molecule has 1 amide bonds. The molecule has 6 rings (SSSR count). The molecule has 1 aromatic carbocycles. The van der Waals surface area contributed by atoms with Crippen LogP contribution in [0, 0.1) is 5.82 Å². The number of amides is 1. The molecule has 5 heterocycles. The number of alkyl halides is 1. The number of nitrogens with zero attached hydrogens (tertiary/aromatic N) is 5. The molecular formula is C26H31F2N5O4. The number of benzene rings is 1. The number of hydrogen-bond donors (Lipinski definition) is 1. The molecule has 37 heavy (non-hydrogen) atoms. The number of aromatic nitrogens is 2. The molecule has 4 aliphatic rings. The van der Waals surface area contributed by atoms with Crippen molar-refractivity contribution < 1.29 is 28.2 Å². The fourth-order valence-corrected chi connectivity index (χ4v) is 6.20. The molecule has 11 heteroatoms. The maximum atomic E-state index is 14.7. The number of carbonyl (C=O) groups is 1. The smallest absolute Gasteiger partial charge is 0.318 e. The van der Waals surface area contributed by atoms with E-state index in [4.69, 9.17) is 14.5 Å². The van der Waals surface area contributed by atoms with Crippen LogP contribution in [0.1, 0.15) is 36.9 Å². The molecule has 0 spiro atoms. The first-order chi connectivity index (χ1) is 17.9. The summed E-state index contributed by atoms with van der Waals surface area (Å²) in [6, 6.07) is 4.11. The highest BCUT2D eigenvalue weighted by Gasteiger charge is 2.49. The van der Waals surface area contributed by atoms with Crippen molar-refractivity contribution in [3.05, 3.63) is 35.3 Å². The van der Waals surface area contributed by atoms with Crippen molar-refractivity contribution in [2.45, 2.75) is 50.4 Å². The van der Waals surface area contributed by atoms with Crippen LogP contribution >= 0.6 is 0 Å². The summed E-state index contributed by atoms with van der Waals surface area (Å²) in [5.41, 5.74) is 0.708. The second-order valence-corrected chi connectivity index (χ2v) is 10.3. The van der Waals surface area contributed by atoms with Crippen LogP contribution in [0.5, 0.6) is 11.8 Å². The van der Waals surface area contributed by atoms with Crippen molar-refractivity contribution in [3.63, 3.8) is 0 Å². The highest BCUT2D eigenvalue weighted by Crippen LogP contribution is 2.41. The molecule has 1 N–H and O–H groups in total. The number of para-hydroxylation sites is 1. The zero-order valence-corrected chi connectivity index (χ0v) is 20.7. The Morgan fingerprint density at radius 1 is 1.19 bits per heavy atom. The van der Waals surface area contributed by atoms with Gasteiger partial charge in [-0.05, 0) is 37.9 Å². The average Bonchev–Trinajstić information content (AvgIpc) is 3.24. The average molecular weight is 516 g/mol. The second kappa shape index (κ2) is 9.68. The lowest BCUT2D eigenvalue weighted by Gasteiger charge is -2.33. The van der Waals surface area contributed by atoms with E-state index in [2.05, 4.69) is 14.8 Å². The van der Waals surface area contributed by atoms with Crippen LogP contribution in [0.15, 0.2) is 18.2 Å². The molecule has 2 unspecified atom stereocenters. The summed E-state index contributed by atoms with van der Waals surface area (Å²) in [5, 5.41) is 10.3. The lowest BCUT2D eigenvalue weighted by Crippen LogP contribution is -2.44. The normalized spacial score (nSPS) is 26.2. The minimum atomic E-state index is -0.867. The zero-order chi connectivity index (χ0) is 25.6. The van der Waals surface area contributed by atoms with E-state index in [1.807, 2.05) is 0 Å². The number of phenols is 1. The number of rotatable bonds is 5. The maximum Gasteiger partial charge on any atom is 0.318 e. The van der Waals surface area contributed by atoms with Crippen molar-refractivity contribution in [2.75, 3.05) is 55.8 Å². The van der Waals surface area contributed by atoms with Gasteiger partial charge >= 0.3 is 6.01 Å². The van der Waals surface area contributed by atoms with Gasteiger partial charge in [0.15, 0.2) is 5.82 Å². The molecule has 0 aliphatic carbocycles. The Labute approximate surface area is 214 Å². The van der Waals surface area contributed by atoms with Crippen LogP contribution in [0.3, 0.4) is 0 Å². The lowest BCUT2D eigenvalue weighted by atomic mass is 9.95.